The zero-order valence-electron chi connectivity index (χ0n) is 13.6. The standard InChI is InChI=1S/C16H26N4O2.ClH/c1-20-11-12(15(17)21)10-14(20)16(22)19-9-8-18-13-6-4-2-3-5-7-13;/h10-11,13,18H,2-9H2,1H3,(H2,17,21)(H,19,22);1H. The van der Waals surface area contributed by atoms with E-state index in [4.69, 9.17) is 5.73 Å². The second kappa shape index (κ2) is 9.57. The maximum atomic E-state index is 12.1. The summed E-state index contributed by atoms with van der Waals surface area (Å²) >= 11 is 0. The number of carbonyl (C=O) groups excluding carboxylic acids is 2. The summed E-state index contributed by atoms with van der Waals surface area (Å²) in [7, 11) is 1.73. The van der Waals surface area contributed by atoms with Gasteiger partial charge in [-0.05, 0) is 18.9 Å². The van der Waals surface area contributed by atoms with Gasteiger partial charge in [0.1, 0.15) is 5.69 Å². The number of halogens is 1. The molecule has 4 N–H and O–H groups in total. The van der Waals surface area contributed by atoms with Crippen molar-refractivity contribution in [3.63, 3.8) is 0 Å². The van der Waals surface area contributed by atoms with E-state index in [0.29, 0.717) is 23.8 Å². The number of primary amides is 1. The van der Waals surface area contributed by atoms with Crippen molar-refractivity contribution >= 4 is 24.2 Å². The molecule has 23 heavy (non-hydrogen) atoms. The summed E-state index contributed by atoms with van der Waals surface area (Å²) in [5.74, 6) is -0.706. The van der Waals surface area contributed by atoms with E-state index in [0.717, 1.165) is 6.54 Å². The molecular formula is C16H27ClN4O2. The summed E-state index contributed by atoms with van der Waals surface area (Å²) < 4.78 is 1.62. The molecule has 0 unspecified atom stereocenters. The lowest BCUT2D eigenvalue weighted by Gasteiger charge is -2.16. The molecule has 1 saturated carbocycles. The van der Waals surface area contributed by atoms with E-state index in [1.807, 2.05) is 0 Å². The molecule has 0 bridgehead atoms. The van der Waals surface area contributed by atoms with Crippen molar-refractivity contribution < 1.29 is 9.59 Å². The maximum absolute atomic E-state index is 12.1. The van der Waals surface area contributed by atoms with Gasteiger partial charge in [-0.25, -0.2) is 0 Å². The van der Waals surface area contributed by atoms with Crippen LogP contribution in [0.1, 0.15) is 59.4 Å². The third-order valence-electron chi connectivity index (χ3n) is 4.22. The first-order valence-corrected chi connectivity index (χ1v) is 8.05. The van der Waals surface area contributed by atoms with Crippen molar-refractivity contribution in [2.24, 2.45) is 12.8 Å². The Morgan fingerprint density at radius 2 is 1.87 bits per heavy atom. The highest BCUT2D eigenvalue weighted by Crippen LogP contribution is 2.16. The predicted molar refractivity (Wildman–Crippen MR) is 93.0 cm³/mol. The Hall–Kier alpha value is -1.53. The Morgan fingerprint density at radius 1 is 1.22 bits per heavy atom. The van der Waals surface area contributed by atoms with E-state index in [1.165, 1.54) is 44.6 Å². The smallest absolute Gasteiger partial charge is 0.267 e. The van der Waals surface area contributed by atoms with Crippen LogP contribution in [0.3, 0.4) is 0 Å². The molecule has 2 amide bonds. The Labute approximate surface area is 143 Å². The lowest BCUT2D eigenvalue weighted by atomic mass is 10.1. The van der Waals surface area contributed by atoms with Gasteiger partial charge in [-0.1, -0.05) is 25.7 Å². The van der Waals surface area contributed by atoms with E-state index >= 15 is 0 Å². The molecular weight excluding hydrogens is 316 g/mol. The van der Waals surface area contributed by atoms with Gasteiger partial charge < -0.3 is 20.9 Å². The molecule has 0 aromatic carbocycles. The van der Waals surface area contributed by atoms with Gasteiger partial charge in [-0.2, -0.15) is 0 Å². The summed E-state index contributed by atoms with van der Waals surface area (Å²) in [5.41, 5.74) is 6.02. The molecule has 2 rings (SSSR count). The molecule has 0 saturated heterocycles. The van der Waals surface area contributed by atoms with Crippen LogP contribution >= 0.6 is 12.4 Å². The van der Waals surface area contributed by atoms with Gasteiger partial charge in [0.2, 0.25) is 5.91 Å². The molecule has 0 spiro atoms. The van der Waals surface area contributed by atoms with Gasteiger partial charge in [0, 0.05) is 32.4 Å². The van der Waals surface area contributed by atoms with E-state index in [2.05, 4.69) is 10.6 Å². The number of carbonyl (C=O) groups is 2. The fourth-order valence-corrected chi connectivity index (χ4v) is 2.95. The topological polar surface area (TPSA) is 89.2 Å². The third-order valence-corrected chi connectivity index (χ3v) is 4.22. The molecule has 130 valence electrons. The fourth-order valence-electron chi connectivity index (χ4n) is 2.95. The van der Waals surface area contributed by atoms with Crippen molar-refractivity contribution in [2.45, 2.75) is 44.6 Å². The minimum Gasteiger partial charge on any atom is -0.366 e. The lowest BCUT2D eigenvalue weighted by molar-refractivity contribution is 0.0945. The van der Waals surface area contributed by atoms with Crippen LogP contribution < -0.4 is 16.4 Å². The molecule has 0 atom stereocenters. The number of hydrogen-bond donors (Lipinski definition) is 3. The van der Waals surface area contributed by atoms with Crippen LogP contribution in [0, 0.1) is 0 Å². The summed E-state index contributed by atoms with van der Waals surface area (Å²) in [6.07, 6.45) is 9.30. The van der Waals surface area contributed by atoms with Gasteiger partial charge in [-0.3, -0.25) is 9.59 Å². The minimum absolute atomic E-state index is 0. The van der Waals surface area contributed by atoms with Gasteiger partial charge in [0.15, 0.2) is 0 Å². The first kappa shape index (κ1) is 19.5. The molecule has 7 heteroatoms. The Kier molecular flexibility index (Phi) is 8.12. The maximum Gasteiger partial charge on any atom is 0.267 e. The fraction of sp³-hybridized carbons (Fsp3) is 0.625. The predicted octanol–water partition coefficient (Wildman–Crippen LogP) is 1.59. The number of nitrogens with one attached hydrogen (secondary N) is 2. The number of amides is 2. The highest BCUT2D eigenvalue weighted by atomic mass is 35.5. The van der Waals surface area contributed by atoms with E-state index in [-0.39, 0.29) is 18.3 Å². The number of nitrogens with two attached hydrogens (primary N) is 1. The van der Waals surface area contributed by atoms with E-state index in [9.17, 15) is 9.59 Å². The molecule has 6 nitrogen and oxygen atoms in total. The zero-order chi connectivity index (χ0) is 15.9. The Bertz CT molecular complexity index is 522. The van der Waals surface area contributed by atoms with Crippen molar-refractivity contribution in [2.75, 3.05) is 13.1 Å². The van der Waals surface area contributed by atoms with Crippen molar-refractivity contribution in [1.82, 2.24) is 15.2 Å². The second-order valence-corrected chi connectivity index (χ2v) is 5.99. The van der Waals surface area contributed by atoms with Crippen LogP contribution in [0.5, 0.6) is 0 Å². The summed E-state index contributed by atoms with van der Waals surface area (Å²) in [4.78, 5) is 23.2. The number of hydrogen-bond acceptors (Lipinski definition) is 3. The first-order chi connectivity index (χ1) is 10.6. The van der Waals surface area contributed by atoms with Crippen molar-refractivity contribution in [3.8, 4) is 0 Å². The number of aromatic nitrogens is 1. The monoisotopic (exact) mass is 342 g/mol. The van der Waals surface area contributed by atoms with Crippen molar-refractivity contribution in [1.29, 1.82) is 0 Å². The van der Waals surface area contributed by atoms with Crippen LogP contribution in [-0.2, 0) is 7.05 Å². The summed E-state index contributed by atoms with van der Waals surface area (Å²) in [6.45, 7) is 1.34. The SMILES string of the molecule is Cl.Cn1cc(C(N)=O)cc1C(=O)NCCNC1CCCCCC1. The van der Waals surface area contributed by atoms with Crippen LogP contribution in [0.15, 0.2) is 12.3 Å². The van der Waals surface area contributed by atoms with Crippen LogP contribution in [0.4, 0.5) is 0 Å². The molecule has 1 aromatic heterocycles. The zero-order valence-corrected chi connectivity index (χ0v) is 14.5. The number of nitrogens with zero attached hydrogens (tertiary/aromatic N) is 1. The van der Waals surface area contributed by atoms with Crippen LogP contribution in [-0.4, -0.2) is 35.5 Å². The average Bonchev–Trinajstić information content (AvgIpc) is 2.71. The van der Waals surface area contributed by atoms with Gasteiger partial charge in [0.05, 0.1) is 5.56 Å². The largest absolute Gasteiger partial charge is 0.366 e. The molecule has 1 aliphatic rings. The Morgan fingerprint density at radius 3 is 2.43 bits per heavy atom. The van der Waals surface area contributed by atoms with E-state index in [1.54, 1.807) is 17.8 Å². The Balaban J connectivity index is 0.00000264. The van der Waals surface area contributed by atoms with Crippen LogP contribution in [0.25, 0.3) is 0 Å². The lowest BCUT2D eigenvalue weighted by Crippen LogP contribution is -2.37. The molecule has 0 aliphatic heterocycles. The minimum atomic E-state index is -0.523. The van der Waals surface area contributed by atoms with Crippen LogP contribution in [0.2, 0.25) is 0 Å². The average molecular weight is 343 g/mol. The highest BCUT2D eigenvalue weighted by molar-refractivity contribution is 5.98. The van der Waals surface area contributed by atoms with Gasteiger partial charge in [-0.15, -0.1) is 12.4 Å². The summed E-state index contributed by atoms with van der Waals surface area (Å²) in [6, 6.07) is 2.10. The van der Waals surface area contributed by atoms with Crippen molar-refractivity contribution in [3.05, 3.63) is 23.5 Å². The van der Waals surface area contributed by atoms with Gasteiger partial charge >= 0.3 is 0 Å². The molecule has 1 aromatic rings. The number of aryl methyl sites for hydroxylation is 1. The molecule has 1 heterocycles. The normalized spacial score (nSPS) is 15.5. The summed E-state index contributed by atoms with van der Waals surface area (Å²) in [5, 5.41) is 6.38. The highest BCUT2D eigenvalue weighted by Gasteiger charge is 2.14. The quantitative estimate of drug-likeness (QED) is 0.541. The van der Waals surface area contributed by atoms with E-state index < -0.39 is 5.91 Å². The molecule has 1 aliphatic carbocycles. The second-order valence-electron chi connectivity index (χ2n) is 5.99. The molecule has 1 fully saturated rings. The van der Waals surface area contributed by atoms with Gasteiger partial charge in [0.25, 0.3) is 5.91 Å². The third kappa shape index (κ3) is 5.88. The first-order valence-electron chi connectivity index (χ1n) is 8.05. The number of rotatable bonds is 6. The molecule has 0 radical (unpaired) electrons.